The van der Waals surface area contributed by atoms with E-state index < -0.39 is 6.10 Å². The predicted molar refractivity (Wildman–Crippen MR) is 96.0 cm³/mol. The Bertz CT molecular complexity index is 706. The van der Waals surface area contributed by atoms with Crippen molar-refractivity contribution in [3.05, 3.63) is 41.9 Å². The minimum Gasteiger partial charge on any atom is -0.441 e. The maximum absolute atomic E-state index is 12.5. The molecule has 1 saturated heterocycles. The number of oxazole rings is 1. The average Bonchev–Trinajstić information content (AvgIpc) is 3.09. The number of likely N-dealkylation sites (tertiary alicyclic amines) is 1. The molecule has 25 heavy (non-hydrogen) atoms. The molecule has 134 valence electrons. The third-order valence-electron chi connectivity index (χ3n) is 4.87. The van der Waals surface area contributed by atoms with Crippen LogP contribution in [0.5, 0.6) is 0 Å². The summed E-state index contributed by atoms with van der Waals surface area (Å²) in [5, 5.41) is 9.91. The highest BCUT2D eigenvalue weighted by Crippen LogP contribution is 2.23. The fraction of sp³-hybridized carbons (Fsp3) is 0.500. The van der Waals surface area contributed by atoms with E-state index in [-0.39, 0.29) is 11.9 Å². The minimum atomic E-state index is -0.487. The number of aliphatic hydroxyl groups excluding tert-OH is 1. The molecule has 2 heterocycles. The van der Waals surface area contributed by atoms with Crippen LogP contribution in [-0.2, 0) is 11.2 Å². The lowest BCUT2D eigenvalue weighted by molar-refractivity contribution is -0.137. The Morgan fingerprint density at radius 2 is 2.12 bits per heavy atom. The van der Waals surface area contributed by atoms with Crippen molar-refractivity contribution in [2.45, 2.75) is 58.1 Å². The van der Waals surface area contributed by atoms with E-state index in [9.17, 15) is 9.90 Å². The summed E-state index contributed by atoms with van der Waals surface area (Å²) in [6, 6.07) is 8.02. The zero-order valence-electron chi connectivity index (χ0n) is 14.9. The quantitative estimate of drug-likeness (QED) is 0.905. The Hall–Kier alpha value is -2.14. The van der Waals surface area contributed by atoms with Crippen LogP contribution >= 0.6 is 0 Å². The van der Waals surface area contributed by atoms with Crippen molar-refractivity contribution in [3.63, 3.8) is 0 Å². The first kappa shape index (κ1) is 17.7. The molecule has 5 heteroatoms. The first-order chi connectivity index (χ1) is 12.0. The first-order valence-electron chi connectivity index (χ1n) is 9.04. The first-order valence-corrected chi connectivity index (χ1v) is 9.04. The number of carbonyl (C=O) groups is 1. The SMILES string of the molecule is Cc1ccc(-c2cnc(CCC(=O)N3CCCCC3C(C)O)o2)cc1. The molecular weight excluding hydrogens is 316 g/mol. The number of aromatic nitrogens is 1. The molecule has 0 radical (unpaired) electrons. The highest BCUT2D eigenvalue weighted by molar-refractivity contribution is 5.76. The van der Waals surface area contributed by atoms with Crippen molar-refractivity contribution in [1.82, 2.24) is 9.88 Å². The lowest BCUT2D eigenvalue weighted by atomic mass is 9.97. The molecule has 1 aromatic carbocycles. The van der Waals surface area contributed by atoms with Gasteiger partial charge in [0.25, 0.3) is 0 Å². The number of aliphatic hydroxyl groups is 1. The van der Waals surface area contributed by atoms with Gasteiger partial charge in [0.2, 0.25) is 5.91 Å². The molecule has 0 aliphatic carbocycles. The summed E-state index contributed by atoms with van der Waals surface area (Å²) in [4.78, 5) is 18.7. The van der Waals surface area contributed by atoms with Crippen molar-refractivity contribution in [2.75, 3.05) is 6.54 Å². The second-order valence-corrected chi connectivity index (χ2v) is 6.88. The van der Waals surface area contributed by atoms with Crippen molar-refractivity contribution in [3.8, 4) is 11.3 Å². The highest BCUT2D eigenvalue weighted by Gasteiger charge is 2.29. The number of rotatable bonds is 5. The van der Waals surface area contributed by atoms with Crippen molar-refractivity contribution in [1.29, 1.82) is 0 Å². The Morgan fingerprint density at radius 3 is 2.84 bits per heavy atom. The van der Waals surface area contributed by atoms with E-state index in [2.05, 4.69) is 4.98 Å². The molecule has 3 rings (SSSR count). The number of hydrogen-bond donors (Lipinski definition) is 1. The number of amides is 1. The van der Waals surface area contributed by atoms with E-state index in [1.54, 1.807) is 13.1 Å². The van der Waals surface area contributed by atoms with Crippen LogP contribution in [0.15, 0.2) is 34.9 Å². The average molecular weight is 342 g/mol. The van der Waals surface area contributed by atoms with Gasteiger partial charge in [-0.3, -0.25) is 4.79 Å². The van der Waals surface area contributed by atoms with Crippen LogP contribution in [0.2, 0.25) is 0 Å². The second-order valence-electron chi connectivity index (χ2n) is 6.88. The summed E-state index contributed by atoms with van der Waals surface area (Å²) in [6.07, 6.45) is 5.01. The molecule has 0 spiro atoms. The Morgan fingerprint density at radius 1 is 1.36 bits per heavy atom. The molecular formula is C20H26N2O3. The van der Waals surface area contributed by atoms with Gasteiger partial charge in [0.15, 0.2) is 11.7 Å². The van der Waals surface area contributed by atoms with Crippen LogP contribution in [0, 0.1) is 6.92 Å². The summed E-state index contributed by atoms with van der Waals surface area (Å²) in [5.41, 5.74) is 2.18. The summed E-state index contributed by atoms with van der Waals surface area (Å²) in [5.74, 6) is 1.37. The lowest BCUT2D eigenvalue weighted by Gasteiger charge is -2.37. The maximum Gasteiger partial charge on any atom is 0.223 e. The van der Waals surface area contributed by atoms with Gasteiger partial charge in [-0.05, 0) is 33.1 Å². The van der Waals surface area contributed by atoms with E-state index in [0.29, 0.717) is 18.7 Å². The van der Waals surface area contributed by atoms with Gasteiger partial charge in [-0.2, -0.15) is 0 Å². The largest absolute Gasteiger partial charge is 0.441 e. The lowest BCUT2D eigenvalue weighted by Crippen LogP contribution is -2.49. The summed E-state index contributed by atoms with van der Waals surface area (Å²) >= 11 is 0. The molecule has 2 atom stereocenters. The Labute approximate surface area is 148 Å². The van der Waals surface area contributed by atoms with Gasteiger partial charge in [-0.15, -0.1) is 0 Å². The third kappa shape index (κ3) is 4.28. The zero-order valence-corrected chi connectivity index (χ0v) is 14.9. The molecule has 0 saturated carbocycles. The molecule has 1 aromatic heterocycles. The van der Waals surface area contributed by atoms with Gasteiger partial charge in [-0.1, -0.05) is 29.8 Å². The number of aryl methyl sites for hydroxylation is 2. The molecule has 1 amide bonds. The zero-order chi connectivity index (χ0) is 17.8. The standard InChI is InChI=1S/C20H26N2O3/c1-14-6-8-16(9-7-14)18-13-21-19(25-18)10-11-20(24)22-12-4-3-5-17(22)15(2)23/h6-9,13,15,17,23H,3-5,10-12H2,1-2H3. The van der Waals surface area contributed by atoms with E-state index in [1.165, 1.54) is 5.56 Å². The van der Waals surface area contributed by atoms with Gasteiger partial charge in [-0.25, -0.2) is 4.98 Å². The number of nitrogens with zero attached hydrogens (tertiary/aromatic N) is 2. The Kier molecular flexibility index (Phi) is 5.53. The van der Waals surface area contributed by atoms with Crippen molar-refractivity contribution in [2.24, 2.45) is 0 Å². The molecule has 2 unspecified atom stereocenters. The second kappa shape index (κ2) is 7.83. The summed E-state index contributed by atoms with van der Waals surface area (Å²) < 4.78 is 5.79. The summed E-state index contributed by atoms with van der Waals surface area (Å²) in [7, 11) is 0. The van der Waals surface area contributed by atoms with Crippen LogP contribution in [0.25, 0.3) is 11.3 Å². The molecule has 5 nitrogen and oxygen atoms in total. The predicted octanol–water partition coefficient (Wildman–Crippen LogP) is 3.34. The van der Waals surface area contributed by atoms with Crippen LogP contribution in [0.1, 0.15) is 44.1 Å². The third-order valence-corrected chi connectivity index (χ3v) is 4.87. The van der Waals surface area contributed by atoms with E-state index in [1.807, 2.05) is 36.1 Å². The smallest absolute Gasteiger partial charge is 0.223 e. The Balaban J connectivity index is 1.60. The maximum atomic E-state index is 12.5. The van der Waals surface area contributed by atoms with Gasteiger partial charge >= 0.3 is 0 Å². The fourth-order valence-electron chi connectivity index (χ4n) is 3.40. The monoisotopic (exact) mass is 342 g/mol. The number of piperidine rings is 1. The number of hydrogen-bond acceptors (Lipinski definition) is 4. The van der Waals surface area contributed by atoms with Gasteiger partial charge in [0, 0.05) is 24.9 Å². The highest BCUT2D eigenvalue weighted by atomic mass is 16.4. The van der Waals surface area contributed by atoms with Crippen LogP contribution in [0.4, 0.5) is 0 Å². The number of carbonyl (C=O) groups excluding carboxylic acids is 1. The summed E-state index contributed by atoms with van der Waals surface area (Å²) in [6.45, 7) is 4.54. The van der Waals surface area contributed by atoms with E-state index >= 15 is 0 Å². The normalized spacial score (nSPS) is 19.0. The molecule has 1 N–H and O–H groups in total. The topological polar surface area (TPSA) is 66.6 Å². The molecule has 1 aliphatic rings. The van der Waals surface area contributed by atoms with Gasteiger partial charge in [0.05, 0.1) is 18.3 Å². The fourth-order valence-corrected chi connectivity index (χ4v) is 3.40. The number of benzene rings is 1. The van der Waals surface area contributed by atoms with Crippen molar-refractivity contribution >= 4 is 5.91 Å². The van der Waals surface area contributed by atoms with E-state index in [4.69, 9.17) is 4.42 Å². The van der Waals surface area contributed by atoms with Crippen LogP contribution < -0.4 is 0 Å². The van der Waals surface area contributed by atoms with Crippen LogP contribution in [0.3, 0.4) is 0 Å². The molecule has 1 aliphatic heterocycles. The molecule has 0 bridgehead atoms. The van der Waals surface area contributed by atoms with E-state index in [0.717, 1.165) is 37.1 Å². The minimum absolute atomic E-state index is 0.0612. The molecule has 2 aromatic rings. The van der Waals surface area contributed by atoms with Crippen molar-refractivity contribution < 1.29 is 14.3 Å². The molecule has 1 fully saturated rings. The van der Waals surface area contributed by atoms with Gasteiger partial charge < -0.3 is 14.4 Å². The van der Waals surface area contributed by atoms with Crippen LogP contribution in [-0.4, -0.2) is 39.6 Å². The van der Waals surface area contributed by atoms with Gasteiger partial charge in [0.1, 0.15) is 0 Å².